The van der Waals surface area contributed by atoms with E-state index in [2.05, 4.69) is 0 Å². The van der Waals surface area contributed by atoms with Crippen LogP contribution in [0, 0.1) is 10.1 Å². The molecule has 0 fully saturated rings. The highest BCUT2D eigenvalue weighted by molar-refractivity contribution is 5.90. The van der Waals surface area contributed by atoms with Crippen LogP contribution in [0.3, 0.4) is 0 Å². The fourth-order valence-corrected chi connectivity index (χ4v) is 1.22. The first-order valence-electron chi connectivity index (χ1n) is 4.31. The third-order valence-electron chi connectivity index (χ3n) is 1.96. The van der Waals surface area contributed by atoms with Crippen LogP contribution in [-0.2, 0) is 4.79 Å². The van der Waals surface area contributed by atoms with Crippen molar-refractivity contribution in [3.8, 4) is 5.75 Å². The molecule has 0 spiro atoms. The number of aliphatic carboxylic acids is 1. The second-order valence-corrected chi connectivity index (χ2v) is 3.12. The van der Waals surface area contributed by atoms with Crippen LogP contribution in [0.25, 0.3) is 5.57 Å². The van der Waals surface area contributed by atoms with Gasteiger partial charge in [-0.2, -0.15) is 0 Å². The van der Waals surface area contributed by atoms with Crippen LogP contribution in [-0.4, -0.2) is 21.1 Å². The smallest absolute Gasteiger partial charge is 0.328 e. The highest BCUT2D eigenvalue weighted by atomic mass is 16.6. The van der Waals surface area contributed by atoms with Gasteiger partial charge in [-0.25, -0.2) is 4.79 Å². The first kappa shape index (κ1) is 11.7. The van der Waals surface area contributed by atoms with Gasteiger partial charge in [0.15, 0.2) is 0 Å². The summed E-state index contributed by atoms with van der Waals surface area (Å²) in [6.07, 6.45) is 0.874. The molecule has 0 atom stereocenters. The van der Waals surface area contributed by atoms with Crippen LogP contribution in [0.4, 0.5) is 5.69 Å². The number of non-ortho nitro benzene ring substituents is 1. The molecule has 0 saturated heterocycles. The number of hydrogen-bond acceptors (Lipinski definition) is 4. The summed E-state index contributed by atoms with van der Waals surface area (Å²) < 4.78 is 0. The van der Waals surface area contributed by atoms with Crippen LogP contribution in [0.1, 0.15) is 12.5 Å². The molecule has 1 aromatic rings. The molecule has 0 heterocycles. The second kappa shape index (κ2) is 4.43. The van der Waals surface area contributed by atoms with Gasteiger partial charge in [-0.15, -0.1) is 0 Å². The maximum absolute atomic E-state index is 10.5. The third kappa shape index (κ3) is 2.57. The predicted octanol–water partition coefficient (Wildman–Crippen LogP) is 1.79. The molecule has 0 saturated carbocycles. The number of carboxylic acids is 1. The summed E-state index contributed by atoms with van der Waals surface area (Å²) >= 11 is 0. The maximum Gasteiger partial charge on any atom is 0.328 e. The molecule has 16 heavy (non-hydrogen) atoms. The Bertz CT molecular complexity index is 478. The topological polar surface area (TPSA) is 101 Å². The Morgan fingerprint density at radius 2 is 2.12 bits per heavy atom. The lowest BCUT2D eigenvalue weighted by Crippen LogP contribution is -1.93. The number of nitrogens with zero attached hydrogens (tertiary/aromatic N) is 1. The van der Waals surface area contributed by atoms with E-state index in [1.54, 1.807) is 0 Å². The van der Waals surface area contributed by atoms with Crippen molar-refractivity contribution in [3.63, 3.8) is 0 Å². The highest BCUT2D eigenvalue weighted by Crippen LogP contribution is 2.28. The molecule has 2 N–H and O–H groups in total. The minimum atomic E-state index is -1.18. The van der Waals surface area contributed by atoms with E-state index in [9.17, 15) is 20.0 Å². The Morgan fingerprint density at radius 3 is 2.62 bits per heavy atom. The van der Waals surface area contributed by atoms with Crippen molar-refractivity contribution in [1.29, 1.82) is 0 Å². The van der Waals surface area contributed by atoms with E-state index in [0.29, 0.717) is 0 Å². The lowest BCUT2D eigenvalue weighted by molar-refractivity contribution is -0.384. The van der Waals surface area contributed by atoms with Gasteiger partial charge in [-0.3, -0.25) is 10.1 Å². The van der Waals surface area contributed by atoms with E-state index in [1.165, 1.54) is 6.92 Å². The molecule has 6 nitrogen and oxygen atoms in total. The second-order valence-electron chi connectivity index (χ2n) is 3.12. The molecule has 6 heteroatoms. The van der Waals surface area contributed by atoms with E-state index in [-0.39, 0.29) is 22.6 Å². The number of aromatic hydroxyl groups is 1. The summed E-state index contributed by atoms with van der Waals surface area (Å²) in [4.78, 5) is 20.3. The van der Waals surface area contributed by atoms with Gasteiger partial charge in [0.2, 0.25) is 0 Å². The van der Waals surface area contributed by atoms with Crippen molar-refractivity contribution in [2.24, 2.45) is 0 Å². The molecule has 0 aliphatic carbocycles. The summed E-state index contributed by atoms with van der Waals surface area (Å²) in [5, 5.41) is 28.5. The Morgan fingerprint density at radius 1 is 1.50 bits per heavy atom. The highest BCUT2D eigenvalue weighted by Gasteiger charge is 2.11. The molecule has 0 aromatic heterocycles. The summed E-state index contributed by atoms with van der Waals surface area (Å²) in [6, 6.07) is 3.43. The van der Waals surface area contributed by atoms with E-state index in [1.807, 2.05) is 0 Å². The number of phenolic OH excluding ortho intramolecular Hbond substituents is 1. The third-order valence-corrected chi connectivity index (χ3v) is 1.96. The predicted molar refractivity (Wildman–Crippen MR) is 56.0 cm³/mol. The Balaban J connectivity index is 3.27. The van der Waals surface area contributed by atoms with Crippen molar-refractivity contribution in [1.82, 2.24) is 0 Å². The number of carbonyl (C=O) groups is 1. The van der Waals surface area contributed by atoms with Crippen LogP contribution < -0.4 is 0 Å². The zero-order valence-electron chi connectivity index (χ0n) is 8.38. The molecule has 0 unspecified atom stereocenters. The minimum absolute atomic E-state index is 0.136. The van der Waals surface area contributed by atoms with E-state index in [4.69, 9.17) is 5.11 Å². The lowest BCUT2D eigenvalue weighted by atomic mass is 10.1. The molecular formula is C10H9NO5. The van der Waals surface area contributed by atoms with Gasteiger partial charge in [-0.1, -0.05) is 0 Å². The van der Waals surface area contributed by atoms with Crippen LogP contribution >= 0.6 is 0 Å². The van der Waals surface area contributed by atoms with Gasteiger partial charge in [-0.05, 0) is 18.6 Å². The minimum Gasteiger partial charge on any atom is -0.507 e. The zero-order chi connectivity index (χ0) is 12.3. The number of allylic oxidation sites excluding steroid dienone is 1. The van der Waals surface area contributed by atoms with Crippen LogP contribution in [0.15, 0.2) is 24.3 Å². The zero-order valence-corrected chi connectivity index (χ0v) is 8.38. The monoisotopic (exact) mass is 223 g/mol. The largest absolute Gasteiger partial charge is 0.507 e. The summed E-state index contributed by atoms with van der Waals surface area (Å²) in [5.74, 6) is -1.37. The van der Waals surface area contributed by atoms with Crippen molar-refractivity contribution >= 4 is 17.2 Å². The summed E-state index contributed by atoms with van der Waals surface area (Å²) in [6.45, 7) is 1.45. The molecule has 0 aliphatic heterocycles. The average molecular weight is 223 g/mol. The summed E-state index contributed by atoms with van der Waals surface area (Å²) in [5.41, 5.74) is 0.177. The van der Waals surface area contributed by atoms with Gasteiger partial charge in [0.25, 0.3) is 5.69 Å². The summed E-state index contributed by atoms with van der Waals surface area (Å²) in [7, 11) is 0. The average Bonchev–Trinajstić information content (AvgIpc) is 2.16. The SMILES string of the molecule is CC(=CC(=O)O)c1cc([N+](=O)[O-])ccc1O. The van der Waals surface area contributed by atoms with Gasteiger partial charge < -0.3 is 10.2 Å². The quantitative estimate of drug-likeness (QED) is 0.462. The van der Waals surface area contributed by atoms with Gasteiger partial charge in [0.1, 0.15) is 5.75 Å². The molecule has 0 radical (unpaired) electrons. The number of nitro groups is 1. The number of phenols is 1. The van der Waals surface area contributed by atoms with Crippen molar-refractivity contribution < 1.29 is 19.9 Å². The van der Waals surface area contributed by atoms with Crippen LogP contribution in [0.5, 0.6) is 5.75 Å². The molecule has 1 rings (SSSR count). The van der Waals surface area contributed by atoms with Crippen molar-refractivity contribution in [2.75, 3.05) is 0 Å². The first-order chi connectivity index (χ1) is 7.41. The van der Waals surface area contributed by atoms with Crippen molar-refractivity contribution in [3.05, 3.63) is 40.0 Å². The molecular weight excluding hydrogens is 214 g/mol. The molecule has 84 valence electrons. The number of hydrogen-bond donors (Lipinski definition) is 2. The van der Waals surface area contributed by atoms with E-state index < -0.39 is 10.9 Å². The normalized spacial score (nSPS) is 11.2. The maximum atomic E-state index is 10.5. The van der Waals surface area contributed by atoms with Gasteiger partial charge in [0.05, 0.1) is 4.92 Å². The van der Waals surface area contributed by atoms with E-state index >= 15 is 0 Å². The molecule has 1 aromatic carbocycles. The number of carboxylic acid groups (broad SMARTS) is 1. The first-order valence-corrected chi connectivity index (χ1v) is 4.31. The van der Waals surface area contributed by atoms with Crippen LogP contribution in [0.2, 0.25) is 0 Å². The molecule has 0 amide bonds. The van der Waals surface area contributed by atoms with Gasteiger partial charge in [0, 0.05) is 23.8 Å². The Kier molecular flexibility index (Phi) is 3.24. The fourth-order valence-electron chi connectivity index (χ4n) is 1.22. The fraction of sp³-hybridized carbons (Fsp3) is 0.100. The molecule has 0 aliphatic rings. The number of nitro benzene ring substituents is 1. The number of benzene rings is 1. The van der Waals surface area contributed by atoms with Crippen molar-refractivity contribution in [2.45, 2.75) is 6.92 Å². The molecule has 0 bridgehead atoms. The number of rotatable bonds is 3. The standard InChI is InChI=1S/C10H9NO5/c1-6(4-10(13)14)8-5-7(11(15)16)2-3-9(8)12/h2-5,12H,1H3,(H,13,14). The lowest BCUT2D eigenvalue weighted by Gasteiger charge is -2.03. The Hall–Kier alpha value is -2.37. The Labute approximate surface area is 90.6 Å². The van der Waals surface area contributed by atoms with Gasteiger partial charge >= 0.3 is 5.97 Å². The van der Waals surface area contributed by atoms with E-state index in [0.717, 1.165) is 24.3 Å².